The van der Waals surface area contributed by atoms with E-state index >= 15 is 0 Å². The monoisotopic (exact) mass is 254 g/mol. The van der Waals surface area contributed by atoms with E-state index in [0.717, 1.165) is 6.42 Å². The first kappa shape index (κ1) is 13.6. The van der Waals surface area contributed by atoms with Crippen molar-refractivity contribution in [2.45, 2.75) is 31.7 Å². The van der Waals surface area contributed by atoms with Crippen LogP contribution in [-0.4, -0.2) is 31.0 Å². The molecule has 1 aliphatic carbocycles. The van der Waals surface area contributed by atoms with Crippen molar-refractivity contribution < 1.29 is 13.6 Å². The molecular formula is C10H17ClF2N2O. The summed E-state index contributed by atoms with van der Waals surface area (Å²) in [6.07, 6.45) is 0.758. The molecule has 2 rings (SSSR count). The third-order valence-corrected chi connectivity index (χ3v) is 3.24. The van der Waals surface area contributed by atoms with Crippen molar-refractivity contribution in [1.29, 1.82) is 0 Å². The minimum Gasteiger partial charge on any atom is -0.354 e. The molecule has 2 fully saturated rings. The van der Waals surface area contributed by atoms with E-state index in [1.807, 2.05) is 0 Å². The van der Waals surface area contributed by atoms with Crippen molar-refractivity contribution in [3.05, 3.63) is 0 Å². The Balaban J connectivity index is 0.00000128. The van der Waals surface area contributed by atoms with Crippen LogP contribution in [0.5, 0.6) is 0 Å². The van der Waals surface area contributed by atoms with Gasteiger partial charge in [0.05, 0.1) is 12.6 Å². The number of hydrogen-bond donors (Lipinski definition) is 2. The molecule has 1 saturated carbocycles. The van der Waals surface area contributed by atoms with Crippen LogP contribution < -0.4 is 10.6 Å². The lowest BCUT2D eigenvalue weighted by Gasteiger charge is -2.10. The standard InChI is InChI=1S/C10H16F2N2O.ClH/c1-6-2-7(6)4-13-9(15)8-3-10(11,12)5-14-8;/h6-8,14H,2-5H2,1H3,(H,13,15);1H. The normalized spacial score (nSPS) is 35.3. The predicted octanol–water partition coefficient (Wildman–Crippen LogP) is 1.18. The molecule has 2 aliphatic rings. The van der Waals surface area contributed by atoms with Crippen LogP contribution in [0.25, 0.3) is 0 Å². The molecular weight excluding hydrogens is 238 g/mol. The Morgan fingerprint density at radius 2 is 2.19 bits per heavy atom. The van der Waals surface area contributed by atoms with E-state index in [1.54, 1.807) is 0 Å². The zero-order valence-electron chi connectivity index (χ0n) is 9.13. The molecule has 6 heteroatoms. The molecule has 0 aromatic rings. The highest BCUT2D eigenvalue weighted by atomic mass is 35.5. The van der Waals surface area contributed by atoms with Gasteiger partial charge in [0, 0.05) is 13.0 Å². The molecule has 3 nitrogen and oxygen atoms in total. The van der Waals surface area contributed by atoms with Gasteiger partial charge in [0.15, 0.2) is 0 Å². The molecule has 3 atom stereocenters. The summed E-state index contributed by atoms with van der Waals surface area (Å²) in [4.78, 5) is 11.5. The zero-order valence-corrected chi connectivity index (χ0v) is 9.95. The van der Waals surface area contributed by atoms with Gasteiger partial charge < -0.3 is 5.32 Å². The third kappa shape index (κ3) is 3.28. The van der Waals surface area contributed by atoms with Gasteiger partial charge in [0.25, 0.3) is 5.92 Å². The largest absolute Gasteiger partial charge is 0.354 e. The molecule has 1 aliphatic heterocycles. The highest BCUT2D eigenvalue weighted by Gasteiger charge is 2.42. The molecule has 0 aromatic heterocycles. The van der Waals surface area contributed by atoms with Gasteiger partial charge in [-0.15, -0.1) is 12.4 Å². The van der Waals surface area contributed by atoms with Crippen LogP contribution in [0.15, 0.2) is 0 Å². The van der Waals surface area contributed by atoms with E-state index in [1.165, 1.54) is 0 Å². The van der Waals surface area contributed by atoms with Crippen molar-refractivity contribution in [3.63, 3.8) is 0 Å². The second-order valence-electron chi connectivity index (χ2n) is 4.71. The first-order valence-electron chi connectivity index (χ1n) is 5.37. The van der Waals surface area contributed by atoms with Crippen LogP contribution in [0.1, 0.15) is 19.8 Å². The maximum Gasteiger partial charge on any atom is 0.262 e. The Bertz CT molecular complexity index is 276. The maximum absolute atomic E-state index is 12.8. The molecule has 2 N–H and O–H groups in total. The summed E-state index contributed by atoms with van der Waals surface area (Å²) < 4.78 is 25.6. The van der Waals surface area contributed by atoms with Crippen molar-refractivity contribution in [1.82, 2.24) is 10.6 Å². The number of carbonyl (C=O) groups is 1. The molecule has 1 saturated heterocycles. The summed E-state index contributed by atoms with van der Waals surface area (Å²) in [5.74, 6) is -1.79. The van der Waals surface area contributed by atoms with Crippen molar-refractivity contribution in [3.8, 4) is 0 Å². The Morgan fingerprint density at radius 1 is 1.56 bits per heavy atom. The summed E-state index contributed by atoms with van der Waals surface area (Å²) >= 11 is 0. The average molecular weight is 255 g/mol. The van der Waals surface area contributed by atoms with Gasteiger partial charge in [0.2, 0.25) is 5.91 Å². The van der Waals surface area contributed by atoms with Gasteiger partial charge in [-0.05, 0) is 18.3 Å². The van der Waals surface area contributed by atoms with Gasteiger partial charge in [0.1, 0.15) is 0 Å². The first-order valence-corrected chi connectivity index (χ1v) is 5.37. The Kier molecular flexibility index (Phi) is 4.12. The van der Waals surface area contributed by atoms with Gasteiger partial charge >= 0.3 is 0 Å². The number of halogens is 3. The Hall–Kier alpha value is -0.420. The van der Waals surface area contributed by atoms with E-state index in [9.17, 15) is 13.6 Å². The number of alkyl halides is 2. The van der Waals surface area contributed by atoms with Crippen LogP contribution in [0, 0.1) is 11.8 Å². The van der Waals surface area contributed by atoms with Gasteiger partial charge in [-0.3, -0.25) is 10.1 Å². The lowest BCUT2D eigenvalue weighted by Crippen LogP contribution is -2.41. The number of rotatable bonds is 3. The van der Waals surface area contributed by atoms with Gasteiger partial charge in [-0.1, -0.05) is 6.92 Å². The molecule has 94 valence electrons. The molecule has 0 radical (unpaired) electrons. The zero-order chi connectivity index (χ0) is 11.1. The van der Waals surface area contributed by atoms with Crippen LogP contribution in [0.3, 0.4) is 0 Å². The second kappa shape index (κ2) is 4.84. The van der Waals surface area contributed by atoms with Crippen LogP contribution in [0.4, 0.5) is 8.78 Å². The second-order valence-corrected chi connectivity index (χ2v) is 4.71. The fourth-order valence-corrected chi connectivity index (χ4v) is 1.94. The highest BCUT2D eigenvalue weighted by molar-refractivity contribution is 5.85. The lowest BCUT2D eigenvalue weighted by molar-refractivity contribution is -0.123. The smallest absolute Gasteiger partial charge is 0.262 e. The van der Waals surface area contributed by atoms with Crippen LogP contribution >= 0.6 is 12.4 Å². The minimum absolute atomic E-state index is 0. The van der Waals surface area contributed by atoms with E-state index < -0.39 is 12.0 Å². The number of hydrogen-bond acceptors (Lipinski definition) is 2. The first-order chi connectivity index (χ1) is 6.98. The Labute approximate surface area is 99.8 Å². The topological polar surface area (TPSA) is 41.1 Å². The van der Waals surface area contributed by atoms with Crippen LogP contribution in [-0.2, 0) is 4.79 Å². The van der Waals surface area contributed by atoms with E-state index in [4.69, 9.17) is 0 Å². The summed E-state index contributed by atoms with van der Waals surface area (Å²) in [6.45, 7) is 2.37. The summed E-state index contributed by atoms with van der Waals surface area (Å²) in [7, 11) is 0. The molecule has 3 unspecified atom stereocenters. The molecule has 1 heterocycles. The van der Waals surface area contributed by atoms with E-state index in [2.05, 4.69) is 17.6 Å². The van der Waals surface area contributed by atoms with Crippen molar-refractivity contribution in [2.24, 2.45) is 11.8 Å². The van der Waals surface area contributed by atoms with E-state index in [-0.39, 0.29) is 31.3 Å². The minimum atomic E-state index is -2.73. The van der Waals surface area contributed by atoms with Crippen LogP contribution in [0.2, 0.25) is 0 Å². The molecule has 16 heavy (non-hydrogen) atoms. The fourth-order valence-electron chi connectivity index (χ4n) is 1.94. The Morgan fingerprint density at radius 3 is 2.62 bits per heavy atom. The average Bonchev–Trinajstić information content (AvgIpc) is 2.73. The highest BCUT2D eigenvalue weighted by Crippen LogP contribution is 2.36. The van der Waals surface area contributed by atoms with Gasteiger partial charge in [-0.2, -0.15) is 0 Å². The number of carbonyl (C=O) groups excluding carboxylic acids is 1. The summed E-state index contributed by atoms with van der Waals surface area (Å²) in [5.41, 5.74) is 0. The molecule has 0 spiro atoms. The summed E-state index contributed by atoms with van der Waals surface area (Å²) in [6, 6.07) is -0.714. The summed E-state index contributed by atoms with van der Waals surface area (Å²) in [5, 5.41) is 5.26. The quantitative estimate of drug-likeness (QED) is 0.794. The number of amides is 1. The molecule has 1 amide bonds. The predicted molar refractivity (Wildman–Crippen MR) is 58.9 cm³/mol. The number of nitrogens with one attached hydrogen (secondary N) is 2. The van der Waals surface area contributed by atoms with Crippen molar-refractivity contribution >= 4 is 18.3 Å². The fraction of sp³-hybridized carbons (Fsp3) is 0.900. The maximum atomic E-state index is 12.8. The van der Waals surface area contributed by atoms with Crippen molar-refractivity contribution in [2.75, 3.05) is 13.1 Å². The van der Waals surface area contributed by atoms with Gasteiger partial charge in [-0.25, -0.2) is 8.78 Å². The van der Waals surface area contributed by atoms with E-state index in [0.29, 0.717) is 18.4 Å². The molecule has 0 aromatic carbocycles. The molecule has 0 bridgehead atoms. The lowest BCUT2D eigenvalue weighted by atomic mass is 10.2. The SMILES string of the molecule is CC1CC1CNC(=O)C1CC(F)(F)CN1.Cl. The third-order valence-electron chi connectivity index (χ3n) is 3.24.